The van der Waals surface area contributed by atoms with Crippen LogP contribution in [0.25, 0.3) is 0 Å². The first kappa shape index (κ1) is 14.9. The topological polar surface area (TPSA) is 84.6 Å². The maximum Gasteiger partial charge on any atom is 0.335 e. The van der Waals surface area contributed by atoms with Crippen molar-refractivity contribution < 1.29 is 14.7 Å². The number of urea groups is 1. The Morgan fingerprint density at radius 1 is 1.52 bits per heavy atom. The van der Waals surface area contributed by atoms with Gasteiger partial charge >= 0.3 is 12.0 Å². The van der Waals surface area contributed by atoms with Crippen LogP contribution in [0.2, 0.25) is 0 Å². The minimum atomic E-state index is -1.01. The quantitative estimate of drug-likeness (QED) is 0.922. The van der Waals surface area contributed by atoms with Crippen LogP contribution >= 0.6 is 0 Å². The maximum absolute atomic E-state index is 12.5. The number of benzene rings is 1. The van der Waals surface area contributed by atoms with E-state index in [1.54, 1.807) is 24.1 Å². The molecule has 0 aromatic heterocycles. The van der Waals surface area contributed by atoms with Gasteiger partial charge in [-0.25, -0.2) is 9.59 Å². The number of fused-ring (bicyclic) bond motifs is 1. The van der Waals surface area contributed by atoms with Crippen LogP contribution in [0.1, 0.15) is 29.3 Å². The second kappa shape index (κ2) is 5.83. The van der Waals surface area contributed by atoms with Gasteiger partial charge in [0, 0.05) is 25.3 Å². The van der Waals surface area contributed by atoms with Crippen LogP contribution in [-0.2, 0) is 6.42 Å². The molecule has 1 unspecified atom stereocenters. The Kier molecular flexibility index (Phi) is 4.13. The molecule has 110 valence electrons. The highest BCUT2D eigenvalue weighted by Gasteiger charge is 2.29. The number of carbonyl (C=O) groups excluding carboxylic acids is 1. The molecule has 2 amide bonds. The van der Waals surface area contributed by atoms with Crippen molar-refractivity contribution in [3.8, 4) is 6.07 Å². The lowest BCUT2D eigenvalue weighted by Crippen LogP contribution is -2.44. The zero-order valence-electron chi connectivity index (χ0n) is 12.0. The summed E-state index contributed by atoms with van der Waals surface area (Å²) in [6.07, 6.45) is 0.972. The molecule has 0 saturated carbocycles. The zero-order chi connectivity index (χ0) is 15.6. The van der Waals surface area contributed by atoms with E-state index in [0.29, 0.717) is 18.7 Å². The molecule has 0 aliphatic carbocycles. The fourth-order valence-corrected chi connectivity index (χ4v) is 2.36. The first-order chi connectivity index (χ1) is 9.95. The van der Waals surface area contributed by atoms with E-state index in [9.17, 15) is 9.59 Å². The summed E-state index contributed by atoms with van der Waals surface area (Å²) in [5.74, 6) is -1.01. The lowest BCUT2D eigenvalue weighted by molar-refractivity contribution is 0.0697. The highest BCUT2D eigenvalue weighted by Crippen LogP contribution is 2.30. The fourth-order valence-electron chi connectivity index (χ4n) is 2.36. The van der Waals surface area contributed by atoms with Crippen molar-refractivity contribution in [3.05, 3.63) is 29.3 Å². The largest absolute Gasteiger partial charge is 0.478 e. The molecule has 1 heterocycles. The van der Waals surface area contributed by atoms with E-state index in [1.807, 2.05) is 13.0 Å². The molecule has 1 N–H and O–H groups in total. The van der Waals surface area contributed by atoms with E-state index >= 15 is 0 Å². The second-order valence-corrected chi connectivity index (χ2v) is 5.16. The summed E-state index contributed by atoms with van der Waals surface area (Å²) in [4.78, 5) is 26.7. The fraction of sp³-hybridized carbons (Fsp3) is 0.400. The van der Waals surface area contributed by atoms with Gasteiger partial charge in [-0.2, -0.15) is 5.26 Å². The third-order valence-corrected chi connectivity index (χ3v) is 3.81. The SMILES string of the molecule is CC(CC#N)N(C)C(=O)N1CCc2ccc(C(=O)O)cc21. The standard InChI is InChI=1S/C15H17N3O3/c1-10(5-7-16)17(2)15(21)18-8-6-11-3-4-12(14(19)20)9-13(11)18/h3-4,9-10H,5-6,8H2,1-2H3,(H,19,20). The summed E-state index contributed by atoms with van der Waals surface area (Å²) >= 11 is 0. The molecule has 0 radical (unpaired) electrons. The number of hydrogen-bond donors (Lipinski definition) is 1. The van der Waals surface area contributed by atoms with Crippen LogP contribution < -0.4 is 4.90 Å². The number of carboxylic acid groups (broad SMARTS) is 1. The third kappa shape index (κ3) is 2.82. The average molecular weight is 287 g/mol. The molecule has 1 atom stereocenters. The molecule has 0 spiro atoms. The smallest absolute Gasteiger partial charge is 0.335 e. The zero-order valence-corrected chi connectivity index (χ0v) is 12.0. The van der Waals surface area contributed by atoms with Crippen LogP contribution in [0.15, 0.2) is 18.2 Å². The number of amides is 2. The summed E-state index contributed by atoms with van der Waals surface area (Å²) in [7, 11) is 1.66. The molecule has 0 bridgehead atoms. The molecular formula is C15H17N3O3. The van der Waals surface area contributed by atoms with Crippen LogP contribution in [0.4, 0.5) is 10.5 Å². The number of nitriles is 1. The third-order valence-electron chi connectivity index (χ3n) is 3.81. The van der Waals surface area contributed by atoms with Crippen molar-refractivity contribution in [1.29, 1.82) is 5.26 Å². The van der Waals surface area contributed by atoms with Gasteiger partial charge in [0.05, 0.1) is 18.1 Å². The lowest BCUT2D eigenvalue weighted by atomic mass is 10.1. The Morgan fingerprint density at radius 2 is 2.24 bits per heavy atom. The molecule has 1 aliphatic heterocycles. The van der Waals surface area contributed by atoms with Crippen molar-refractivity contribution in [3.63, 3.8) is 0 Å². The van der Waals surface area contributed by atoms with Crippen molar-refractivity contribution in [1.82, 2.24) is 4.90 Å². The molecule has 1 aromatic carbocycles. The molecule has 0 fully saturated rings. The van der Waals surface area contributed by atoms with Gasteiger partial charge in [0.15, 0.2) is 0 Å². The number of nitrogens with zero attached hydrogens (tertiary/aromatic N) is 3. The molecule has 6 nitrogen and oxygen atoms in total. The van der Waals surface area contributed by atoms with Gasteiger partial charge in [0.1, 0.15) is 0 Å². The number of anilines is 1. The van der Waals surface area contributed by atoms with Gasteiger partial charge in [0.2, 0.25) is 0 Å². The Balaban J connectivity index is 2.25. The van der Waals surface area contributed by atoms with Crippen LogP contribution in [0.5, 0.6) is 0 Å². The Labute approximate surface area is 123 Å². The lowest BCUT2D eigenvalue weighted by Gasteiger charge is -2.28. The Bertz CT molecular complexity index is 621. The maximum atomic E-state index is 12.5. The highest BCUT2D eigenvalue weighted by molar-refractivity contribution is 5.97. The Hall–Kier alpha value is -2.55. The summed E-state index contributed by atoms with van der Waals surface area (Å²) < 4.78 is 0. The van der Waals surface area contributed by atoms with Crippen molar-refractivity contribution >= 4 is 17.7 Å². The summed E-state index contributed by atoms with van der Waals surface area (Å²) in [5.41, 5.74) is 1.78. The highest BCUT2D eigenvalue weighted by atomic mass is 16.4. The van der Waals surface area contributed by atoms with E-state index in [1.165, 1.54) is 11.0 Å². The van der Waals surface area contributed by atoms with Crippen LogP contribution in [-0.4, -0.2) is 41.6 Å². The van der Waals surface area contributed by atoms with Gasteiger partial charge < -0.3 is 10.0 Å². The van der Waals surface area contributed by atoms with Gasteiger partial charge in [-0.1, -0.05) is 6.07 Å². The minimum absolute atomic E-state index is 0.168. The number of hydrogen-bond acceptors (Lipinski definition) is 3. The normalized spacial score (nSPS) is 14.2. The van der Waals surface area contributed by atoms with E-state index in [0.717, 1.165) is 5.56 Å². The molecule has 1 aromatic rings. The number of carboxylic acids is 1. The molecule has 1 aliphatic rings. The number of rotatable bonds is 3. The van der Waals surface area contributed by atoms with E-state index in [2.05, 4.69) is 0 Å². The van der Waals surface area contributed by atoms with Gasteiger partial charge in [-0.05, 0) is 31.0 Å². The summed E-state index contributed by atoms with van der Waals surface area (Å²) in [5, 5.41) is 17.8. The molecule has 21 heavy (non-hydrogen) atoms. The molecule has 2 rings (SSSR count). The minimum Gasteiger partial charge on any atom is -0.478 e. The predicted molar refractivity (Wildman–Crippen MR) is 77.3 cm³/mol. The van der Waals surface area contributed by atoms with Crippen molar-refractivity contribution in [2.75, 3.05) is 18.5 Å². The number of aromatic carboxylic acids is 1. The average Bonchev–Trinajstić information content (AvgIpc) is 2.88. The Morgan fingerprint density at radius 3 is 2.86 bits per heavy atom. The van der Waals surface area contributed by atoms with Crippen LogP contribution in [0, 0.1) is 11.3 Å². The van der Waals surface area contributed by atoms with Gasteiger partial charge in [0.25, 0.3) is 0 Å². The van der Waals surface area contributed by atoms with Crippen molar-refractivity contribution in [2.24, 2.45) is 0 Å². The molecule has 6 heteroatoms. The van der Waals surface area contributed by atoms with E-state index in [-0.39, 0.29) is 24.1 Å². The second-order valence-electron chi connectivity index (χ2n) is 5.16. The predicted octanol–water partition coefficient (Wildman–Crippen LogP) is 2.10. The first-order valence-corrected chi connectivity index (χ1v) is 6.73. The number of carbonyl (C=O) groups is 2. The van der Waals surface area contributed by atoms with Gasteiger partial charge in [-0.15, -0.1) is 0 Å². The molecule has 0 saturated heterocycles. The first-order valence-electron chi connectivity index (χ1n) is 6.73. The summed E-state index contributed by atoms with van der Waals surface area (Å²) in [6.45, 7) is 2.34. The molecular weight excluding hydrogens is 270 g/mol. The van der Waals surface area contributed by atoms with E-state index < -0.39 is 5.97 Å². The van der Waals surface area contributed by atoms with Crippen LogP contribution in [0.3, 0.4) is 0 Å². The van der Waals surface area contributed by atoms with E-state index in [4.69, 9.17) is 10.4 Å². The van der Waals surface area contributed by atoms with Crippen molar-refractivity contribution in [2.45, 2.75) is 25.8 Å². The van der Waals surface area contributed by atoms with Gasteiger partial charge in [-0.3, -0.25) is 4.90 Å². The monoisotopic (exact) mass is 287 g/mol. The summed E-state index contributed by atoms with van der Waals surface area (Å²) in [6, 6.07) is 6.49.